The molecule has 1 atom stereocenters. The van der Waals surface area contributed by atoms with Crippen molar-refractivity contribution in [2.24, 2.45) is 0 Å². The highest BCUT2D eigenvalue weighted by atomic mass is 16.4. The number of hydrogen-bond acceptors (Lipinski definition) is 7. The maximum atomic E-state index is 13.0. The van der Waals surface area contributed by atoms with E-state index in [4.69, 9.17) is 4.42 Å². The summed E-state index contributed by atoms with van der Waals surface area (Å²) >= 11 is 0. The summed E-state index contributed by atoms with van der Waals surface area (Å²) in [5, 5.41) is 22.4. The van der Waals surface area contributed by atoms with Gasteiger partial charge < -0.3 is 25.1 Å². The van der Waals surface area contributed by atoms with Crippen molar-refractivity contribution in [2.75, 3.05) is 29.9 Å². The highest BCUT2D eigenvalue weighted by Gasteiger charge is 2.29. The second-order valence-corrected chi connectivity index (χ2v) is 9.65. The molecule has 2 aliphatic rings. The first-order valence-electron chi connectivity index (χ1n) is 12.7. The fourth-order valence-electron chi connectivity index (χ4n) is 5.40. The standard InChI is InChI=1S/C28H27N5O5/c34-15-22(27(36)30-23-14-21(31-32-23)16-6-2-1-3-7-16)29-26(35)20-13-18-12-17-8-4-10-33-11-5-9-19(24(17)33)25(18)38-28(20)37/h1-3,6-7,12-14,22,34H,4-5,8-11,15H2,(H,29,35)(H2,30,31,32,36). The second kappa shape index (κ2) is 9.79. The number of rotatable bonds is 6. The molecule has 10 nitrogen and oxygen atoms in total. The zero-order chi connectivity index (χ0) is 26.2. The minimum Gasteiger partial charge on any atom is -0.422 e. The highest BCUT2D eigenvalue weighted by molar-refractivity contribution is 6.02. The van der Waals surface area contributed by atoms with E-state index in [1.807, 2.05) is 36.4 Å². The van der Waals surface area contributed by atoms with Crippen LogP contribution in [0.15, 0.2) is 57.7 Å². The number of carbonyl (C=O) groups excluding carboxylic acids is 2. The summed E-state index contributed by atoms with van der Waals surface area (Å²) < 4.78 is 5.68. The molecular weight excluding hydrogens is 486 g/mol. The Balaban J connectivity index is 1.22. The lowest BCUT2D eigenvalue weighted by atomic mass is 9.90. The van der Waals surface area contributed by atoms with E-state index in [-0.39, 0.29) is 11.4 Å². The zero-order valence-corrected chi connectivity index (χ0v) is 20.6. The van der Waals surface area contributed by atoms with E-state index >= 15 is 0 Å². The number of benzene rings is 2. The molecule has 2 aromatic heterocycles. The van der Waals surface area contributed by atoms with Gasteiger partial charge in [0.25, 0.3) is 11.8 Å². The predicted octanol–water partition coefficient (Wildman–Crippen LogP) is 2.61. The van der Waals surface area contributed by atoms with E-state index in [2.05, 4.69) is 25.7 Å². The van der Waals surface area contributed by atoms with Gasteiger partial charge in [0.2, 0.25) is 0 Å². The summed E-state index contributed by atoms with van der Waals surface area (Å²) in [4.78, 5) is 41.0. The van der Waals surface area contributed by atoms with Gasteiger partial charge in [-0.25, -0.2) is 4.79 Å². The maximum absolute atomic E-state index is 13.0. The highest BCUT2D eigenvalue weighted by Crippen LogP contribution is 2.39. The molecule has 0 bridgehead atoms. The third-order valence-electron chi connectivity index (χ3n) is 7.18. The van der Waals surface area contributed by atoms with Crippen molar-refractivity contribution in [1.82, 2.24) is 15.5 Å². The van der Waals surface area contributed by atoms with Gasteiger partial charge in [-0.2, -0.15) is 5.10 Å². The molecule has 2 aromatic carbocycles. The van der Waals surface area contributed by atoms with Crippen molar-refractivity contribution in [1.29, 1.82) is 0 Å². The Kier molecular flexibility index (Phi) is 6.16. The molecule has 2 aliphatic heterocycles. The average Bonchev–Trinajstić information content (AvgIpc) is 3.41. The number of aliphatic hydroxyl groups is 1. The first kappa shape index (κ1) is 23.9. The number of aryl methyl sites for hydroxylation is 2. The first-order chi connectivity index (χ1) is 18.5. The quantitative estimate of drug-likeness (QED) is 0.291. The lowest BCUT2D eigenvalue weighted by Crippen LogP contribution is -2.47. The molecule has 1 unspecified atom stereocenters. The molecule has 6 rings (SSSR count). The number of amides is 2. The van der Waals surface area contributed by atoms with Crippen molar-refractivity contribution in [3.05, 3.63) is 75.6 Å². The number of nitrogens with zero attached hydrogens (tertiary/aromatic N) is 2. The van der Waals surface area contributed by atoms with Gasteiger partial charge in [-0.1, -0.05) is 30.3 Å². The van der Waals surface area contributed by atoms with Gasteiger partial charge >= 0.3 is 5.63 Å². The lowest BCUT2D eigenvalue weighted by molar-refractivity contribution is -0.118. The van der Waals surface area contributed by atoms with E-state index in [1.54, 1.807) is 6.07 Å². The van der Waals surface area contributed by atoms with Crippen LogP contribution in [-0.2, 0) is 17.6 Å². The van der Waals surface area contributed by atoms with Crippen molar-refractivity contribution < 1.29 is 19.1 Å². The fraction of sp³-hybridized carbons (Fsp3) is 0.286. The number of anilines is 2. The molecule has 10 heteroatoms. The number of aromatic amines is 1. The minimum absolute atomic E-state index is 0.217. The average molecular weight is 514 g/mol. The molecule has 0 aliphatic carbocycles. The molecule has 194 valence electrons. The fourth-order valence-corrected chi connectivity index (χ4v) is 5.40. The Hall–Kier alpha value is -4.44. The number of fused-ring (bicyclic) bond motifs is 2. The first-order valence-corrected chi connectivity index (χ1v) is 12.7. The molecule has 4 aromatic rings. The van der Waals surface area contributed by atoms with Gasteiger partial charge in [-0.05, 0) is 48.9 Å². The Morgan fingerprint density at radius 2 is 1.89 bits per heavy atom. The summed E-state index contributed by atoms with van der Waals surface area (Å²) in [5.41, 5.74) is 4.49. The SMILES string of the molecule is O=C(NC(CO)C(=O)Nc1cc(-c2ccccc2)[nH]n1)c1cc2cc3c4c(c2oc1=O)CCCN4CCC3. The molecule has 0 saturated carbocycles. The summed E-state index contributed by atoms with van der Waals surface area (Å²) in [6, 6.07) is 13.3. The topological polar surface area (TPSA) is 141 Å². The smallest absolute Gasteiger partial charge is 0.349 e. The van der Waals surface area contributed by atoms with Crippen LogP contribution in [0.5, 0.6) is 0 Å². The lowest BCUT2D eigenvalue weighted by Gasteiger charge is -2.37. The molecular formula is C28H27N5O5. The molecule has 38 heavy (non-hydrogen) atoms. The van der Waals surface area contributed by atoms with Gasteiger partial charge in [0.15, 0.2) is 5.82 Å². The normalized spacial score (nSPS) is 15.1. The number of nitrogens with one attached hydrogen (secondary N) is 3. The molecule has 0 radical (unpaired) electrons. The molecule has 0 saturated heterocycles. The van der Waals surface area contributed by atoms with E-state index < -0.39 is 30.1 Å². The van der Waals surface area contributed by atoms with Crippen LogP contribution < -0.4 is 21.2 Å². The third kappa shape index (κ3) is 4.32. The third-order valence-corrected chi connectivity index (χ3v) is 7.18. The van der Waals surface area contributed by atoms with Gasteiger partial charge in [0, 0.05) is 35.8 Å². The predicted molar refractivity (Wildman–Crippen MR) is 142 cm³/mol. The van der Waals surface area contributed by atoms with Crippen LogP contribution in [0.1, 0.15) is 34.3 Å². The summed E-state index contributed by atoms with van der Waals surface area (Å²) in [6.45, 7) is 1.32. The van der Waals surface area contributed by atoms with Crippen molar-refractivity contribution in [3.8, 4) is 11.3 Å². The number of hydrogen-bond donors (Lipinski definition) is 4. The van der Waals surface area contributed by atoms with Crippen LogP contribution in [0.4, 0.5) is 11.5 Å². The van der Waals surface area contributed by atoms with Crippen LogP contribution in [0.2, 0.25) is 0 Å². The van der Waals surface area contributed by atoms with Gasteiger partial charge in [0.1, 0.15) is 17.2 Å². The largest absolute Gasteiger partial charge is 0.422 e. The van der Waals surface area contributed by atoms with Crippen LogP contribution in [-0.4, -0.2) is 52.9 Å². The minimum atomic E-state index is -1.30. The molecule has 4 heterocycles. The molecule has 4 N–H and O–H groups in total. The van der Waals surface area contributed by atoms with E-state index in [9.17, 15) is 19.5 Å². The maximum Gasteiger partial charge on any atom is 0.349 e. The second-order valence-electron chi connectivity index (χ2n) is 9.65. The Bertz CT molecular complexity index is 1590. The summed E-state index contributed by atoms with van der Waals surface area (Å²) in [5.74, 6) is -1.23. The number of H-pyrrole nitrogens is 1. The van der Waals surface area contributed by atoms with Crippen LogP contribution in [0.3, 0.4) is 0 Å². The Labute approximate surface area is 217 Å². The molecule has 0 fully saturated rings. The Morgan fingerprint density at radius 1 is 1.11 bits per heavy atom. The van der Waals surface area contributed by atoms with Gasteiger partial charge in [-0.15, -0.1) is 0 Å². The van der Waals surface area contributed by atoms with E-state index in [0.29, 0.717) is 16.7 Å². The van der Waals surface area contributed by atoms with Crippen LogP contribution in [0.25, 0.3) is 22.2 Å². The monoisotopic (exact) mass is 513 g/mol. The number of aromatic nitrogens is 2. The molecule has 2 amide bonds. The van der Waals surface area contributed by atoms with Crippen molar-refractivity contribution >= 4 is 34.3 Å². The van der Waals surface area contributed by atoms with E-state index in [0.717, 1.165) is 49.9 Å². The van der Waals surface area contributed by atoms with Crippen molar-refractivity contribution in [2.45, 2.75) is 31.7 Å². The number of aliphatic hydroxyl groups excluding tert-OH is 1. The zero-order valence-electron chi connectivity index (χ0n) is 20.6. The summed E-state index contributed by atoms with van der Waals surface area (Å²) in [6.07, 6.45) is 3.78. The van der Waals surface area contributed by atoms with Crippen molar-refractivity contribution in [3.63, 3.8) is 0 Å². The number of carbonyl (C=O) groups is 2. The summed E-state index contributed by atoms with van der Waals surface area (Å²) in [7, 11) is 0. The Morgan fingerprint density at radius 3 is 2.68 bits per heavy atom. The molecule has 0 spiro atoms. The van der Waals surface area contributed by atoms with Gasteiger partial charge in [0.05, 0.1) is 12.3 Å². The van der Waals surface area contributed by atoms with Crippen LogP contribution >= 0.6 is 0 Å². The van der Waals surface area contributed by atoms with Crippen LogP contribution in [0, 0.1) is 0 Å². The van der Waals surface area contributed by atoms with E-state index in [1.165, 1.54) is 17.3 Å². The van der Waals surface area contributed by atoms with Gasteiger partial charge in [-0.3, -0.25) is 14.7 Å².